The van der Waals surface area contributed by atoms with Crippen LogP contribution in [0.5, 0.6) is 5.75 Å². The highest BCUT2D eigenvalue weighted by Crippen LogP contribution is 2.17. The van der Waals surface area contributed by atoms with Gasteiger partial charge in [-0.05, 0) is 24.3 Å². The average Bonchev–Trinajstić information content (AvgIpc) is 3.15. The molecule has 296 valence electrons. The topological polar surface area (TPSA) is 188 Å². The number of rotatable bonds is 37. The first-order chi connectivity index (χ1) is 25.5. The maximum atomic E-state index is 12.0. The lowest BCUT2D eigenvalue weighted by Gasteiger charge is -2.09. The van der Waals surface area contributed by atoms with Crippen LogP contribution in [0.15, 0.2) is 59.5 Å². The fourth-order valence-corrected chi connectivity index (χ4v) is 4.74. The van der Waals surface area contributed by atoms with Crippen LogP contribution in [0, 0.1) is 10.1 Å². The minimum Gasteiger partial charge on any atom is -0.491 e. The molecule has 18 heteroatoms. The molecule has 2 aromatic rings. The molecule has 0 bridgehead atoms. The molecule has 0 unspecified atom stereocenters. The number of non-ortho nitro benzene ring substituents is 1. The Balaban J connectivity index is 1.17. The number of benzene rings is 2. The molecule has 2 aromatic carbocycles. The van der Waals surface area contributed by atoms with Gasteiger partial charge in [-0.15, -0.1) is 0 Å². The highest BCUT2D eigenvalue weighted by Gasteiger charge is 2.13. The van der Waals surface area contributed by atoms with Gasteiger partial charge in [-0.25, -0.2) is 0 Å². The first kappa shape index (κ1) is 45.3. The number of nitro groups is 1. The third-order valence-electron chi connectivity index (χ3n) is 6.39. The Morgan fingerprint density at radius 3 is 1.06 bits per heavy atom. The summed E-state index contributed by atoms with van der Waals surface area (Å²) in [5.41, 5.74) is 0.0188. The third kappa shape index (κ3) is 25.2. The van der Waals surface area contributed by atoms with Crippen molar-refractivity contribution >= 4 is 15.8 Å². The molecule has 0 aliphatic heterocycles. The number of hydrogen-bond acceptors (Lipinski definition) is 16. The number of nitrogens with zero attached hydrogens (tertiary/aromatic N) is 1. The van der Waals surface area contributed by atoms with Gasteiger partial charge in [-0.3, -0.25) is 14.3 Å². The van der Waals surface area contributed by atoms with Gasteiger partial charge in [-0.1, -0.05) is 18.2 Å². The van der Waals surface area contributed by atoms with Crippen LogP contribution in [-0.4, -0.2) is 159 Å². The summed E-state index contributed by atoms with van der Waals surface area (Å²) >= 11 is 0. The van der Waals surface area contributed by atoms with Crippen molar-refractivity contribution in [3.05, 3.63) is 64.7 Å². The van der Waals surface area contributed by atoms with Gasteiger partial charge in [0.1, 0.15) is 12.4 Å². The van der Waals surface area contributed by atoms with E-state index in [2.05, 4.69) is 0 Å². The highest BCUT2D eigenvalue weighted by molar-refractivity contribution is 7.86. The zero-order valence-corrected chi connectivity index (χ0v) is 30.5. The molecule has 0 N–H and O–H groups in total. The van der Waals surface area contributed by atoms with Gasteiger partial charge in [0.05, 0.1) is 149 Å². The molecule has 0 fully saturated rings. The summed E-state index contributed by atoms with van der Waals surface area (Å²) in [6, 6.07) is 13.8. The molecule has 0 spiro atoms. The van der Waals surface area contributed by atoms with Crippen molar-refractivity contribution in [1.29, 1.82) is 0 Å². The molecule has 0 aliphatic carbocycles. The lowest BCUT2D eigenvalue weighted by atomic mass is 10.3. The first-order valence-corrected chi connectivity index (χ1v) is 18.5. The van der Waals surface area contributed by atoms with Gasteiger partial charge in [0, 0.05) is 12.1 Å². The maximum absolute atomic E-state index is 12.0. The summed E-state index contributed by atoms with van der Waals surface area (Å²) in [7, 11) is -3.77. The van der Waals surface area contributed by atoms with Crippen LogP contribution < -0.4 is 4.74 Å². The van der Waals surface area contributed by atoms with Gasteiger partial charge in [0.15, 0.2) is 0 Å². The Kier molecular flexibility index (Phi) is 27.6. The van der Waals surface area contributed by atoms with Gasteiger partial charge in [0.2, 0.25) is 0 Å². The second-order valence-electron chi connectivity index (χ2n) is 10.3. The minimum absolute atomic E-state index is 0.0188. The zero-order chi connectivity index (χ0) is 37.2. The molecule has 0 radical (unpaired) electrons. The van der Waals surface area contributed by atoms with Crippen LogP contribution in [0.4, 0.5) is 5.69 Å². The van der Waals surface area contributed by atoms with E-state index in [9.17, 15) is 18.5 Å². The van der Waals surface area contributed by atoms with Crippen molar-refractivity contribution in [3.8, 4) is 5.75 Å². The van der Waals surface area contributed by atoms with Gasteiger partial charge >= 0.3 is 0 Å². The minimum atomic E-state index is -3.77. The predicted octanol–water partition coefficient (Wildman–Crippen LogP) is 2.55. The Morgan fingerprint density at radius 1 is 0.423 bits per heavy atom. The summed E-state index contributed by atoms with van der Waals surface area (Å²) < 4.78 is 88.7. The van der Waals surface area contributed by atoms with Crippen molar-refractivity contribution in [1.82, 2.24) is 0 Å². The summed E-state index contributed by atoms with van der Waals surface area (Å²) in [6.07, 6.45) is 0. The van der Waals surface area contributed by atoms with E-state index in [1.807, 2.05) is 0 Å². The Labute approximate surface area is 305 Å². The van der Waals surface area contributed by atoms with E-state index in [1.165, 1.54) is 24.3 Å². The average molecular weight is 764 g/mol. The standard InChI is InChI=1S/C34H53NO16S/c36-35(37)32-6-8-33(9-7-32)50-30-28-48-26-24-46-22-20-44-18-16-42-14-12-40-10-11-41-13-15-43-17-19-45-21-23-47-25-27-49-29-31-51-52(38,39)34-4-2-1-3-5-34/h1-9H,10-31H2. The van der Waals surface area contributed by atoms with E-state index in [1.54, 1.807) is 30.3 Å². The fourth-order valence-electron chi connectivity index (χ4n) is 3.82. The molecule has 17 nitrogen and oxygen atoms in total. The van der Waals surface area contributed by atoms with Gasteiger partial charge < -0.3 is 52.1 Å². The monoisotopic (exact) mass is 763 g/mol. The van der Waals surface area contributed by atoms with E-state index in [-0.39, 0.29) is 23.8 Å². The van der Waals surface area contributed by atoms with E-state index in [0.717, 1.165) is 0 Å². The molecule has 0 amide bonds. The molecule has 2 rings (SSSR count). The van der Waals surface area contributed by atoms with Crippen molar-refractivity contribution in [2.45, 2.75) is 4.90 Å². The molecular weight excluding hydrogens is 710 g/mol. The number of nitro benzene ring substituents is 1. The van der Waals surface area contributed by atoms with Crippen LogP contribution in [-0.2, 0) is 61.7 Å². The molecular formula is C34H53NO16S. The highest BCUT2D eigenvalue weighted by atomic mass is 32.2. The summed E-state index contributed by atoms with van der Waals surface area (Å²) in [5, 5.41) is 10.6. The maximum Gasteiger partial charge on any atom is 0.297 e. The molecule has 0 saturated heterocycles. The van der Waals surface area contributed by atoms with E-state index < -0.39 is 15.0 Å². The van der Waals surface area contributed by atoms with Gasteiger partial charge in [0.25, 0.3) is 15.8 Å². The number of hydrogen-bond donors (Lipinski definition) is 0. The summed E-state index contributed by atoms with van der Waals surface area (Å²) in [5.74, 6) is 0.548. The van der Waals surface area contributed by atoms with E-state index in [4.69, 9.17) is 56.3 Å². The summed E-state index contributed by atoms with van der Waals surface area (Å²) in [4.78, 5) is 10.3. The molecule has 0 heterocycles. The molecule has 0 aromatic heterocycles. The molecule has 52 heavy (non-hydrogen) atoms. The number of ether oxygens (including phenoxy) is 11. The Morgan fingerprint density at radius 2 is 0.731 bits per heavy atom. The van der Waals surface area contributed by atoms with Crippen LogP contribution in [0.2, 0.25) is 0 Å². The Hall–Kier alpha value is -2.85. The van der Waals surface area contributed by atoms with Crippen molar-refractivity contribution < 1.29 is 69.6 Å². The van der Waals surface area contributed by atoms with Crippen molar-refractivity contribution in [2.24, 2.45) is 0 Å². The van der Waals surface area contributed by atoms with Crippen LogP contribution in [0.1, 0.15) is 0 Å². The second-order valence-corrected chi connectivity index (χ2v) is 11.9. The fraction of sp³-hybridized carbons (Fsp3) is 0.647. The largest absolute Gasteiger partial charge is 0.491 e. The molecule has 0 saturated carbocycles. The third-order valence-corrected chi connectivity index (χ3v) is 7.72. The normalized spacial score (nSPS) is 11.6. The SMILES string of the molecule is O=[N+]([O-])c1ccc(OCCOCCOCCOCCOCCOCCOCCOCCOCCOCCOCCOS(=O)(=O)c2ccccc2)cc1. The summed E-state index contributed by atoms with van der Waals surface area (Å²) in [6.45, 7) is 8.66. The molecule has 0 aliphatic rings. The van der Waals surface area contributed by atoms with Crippen LogP contribution in [0.3, 0.4) is 0 Å². The predicted molar refractivity (Wildman–Crippen MR) is 186 cm³/mol. The lowest BCUT2D eigenvalue weighted by molar-refractivity contribution is -0.384. The quantitative estimate of drug-likeness (QED) is 0.0422. The second kappa shape index (κ2) is 31.7. The first-order valence-electron chi connectivity index (χ1n) is 17.1. The van der Waals surface area contributed by atoms with Crippen LogP contribution >= 0.6 is 0 Å². The van der Waals surface area contributed by atoms with E-state index >= 15 is 0 Å². The van der Waals surface area contributed by atoms with Crippen molar-refractivity contribution in [3.63, 3.8) is 0 Å². The zero-order valence-electron chi connectivity index (χ0n) is 29.6. The smallest absolute Gasteiger partial charge is 0.297 e. The van der Waals surface area contributed by atoms with Gasteiger partial charge in [-0.2, -0.15) is 8.42 Å². The Bertz CT molecular complexity index is 1220. The molecule has 0 atom stereocenters. The van der Waals surface area contributed by atoms with E-state index in [0.29, 0.717) is 138 Å². The van der Waals surface area contributed by atoms with Crippen LogP contribution in [0.25, 0.3) is 0 Å². The van der Waals surface area contributed by atoms with Crippen molar-refractivity contribution in [2.75, 3.05) is 145 Å². The lowest BCUT2D eigenvalue weighted by Crippen LogP contribution is -2.16.